The standard InChI is InChI=1S/C17H20ClNO/c18-13-6-11-3-4-20-17(11)12(7-13)8-19-16-14-9-1-2-10(5-9)15(14)16/h6-7,9-10,14-16,19H,1-5,8H2. The Morgan fingerprint density at radius 3 is 2.80 bits per heavy atom. The lowest BCUT2D eigenvalue weighted by atomic mass is 10.0. The Balaban J connectivity index is 1.32. The highest BCUT2D eigenvalue weighted by Gasteiger charge is 2.64. The van der Waals surface area contributed by atoms with Crippen LogP contribution in [0.3, 0.4) is 0 Å². The number of rotatable bonds is 3. The molecule has 1 aliphatic heterocycles. The predicted octanol–water partition coefficient (Wildman–Crippen LogP) is 3.41. The zero-order valence-electron chi connectivity index (χ0n) is 11.6. The molecule has 0 spiro atoms. The first-order valence-electron chi connectivity index (χ1n) is 7.99. The third-order valence-corrected chi connectivity index (χ3v) is 6.31. The third kappa shape index (κ3) is 1.61. The van der Waals surface area contributed by atoms with Crippen LogP contribution in [-0.2, 0) is 13.0 Å². The SMILES string of the molecule is Clc1cc2c(c(CNC3C4C5CCC(C5)C34)c1)OCC2. The summed E-state index contributed by atoms with van der Waals surface area (Å²) in [5, 5.41) is 4.64. The summed E-state index contributed by atoms with van der Waals surface area (Å²) < 4.78 is 5.79. The Morgan fingerprint density at radius 2 is 2.00 bits per heavy atom. The van der Waals surface area contributed by atoms with Gasteiger partial charge in [-0.15, -0.1) is 0 Å². The minimum atomic E-state index is 0.775. The Bertz CT molecular complexity index is 556. The van der Waals surface area contributed by atoms with Gasteiger partial charge in [-0.1, -0.05) is 11.6 Å². The third-order valence-electron chi connectivity index (χ3n) is 6.09. The molecule has 1 aromatic carbocycles. The molecule has 20 heavy (non-hydrogen) atoms. The maximum absolute atomic E-state index is 6.23. The number of halogens is 1. The van der Waals surface area contributed by atoms with Crippen molar-refractivity contribution in [3.8, 4) is 5.75 Å². The zero-order valence-corrected chi connectivity index (χ0v) is 12.3. The second-order valence-electron chi connectivity index (χ2n) is 7.05. The highest BCUT2D eigenvalue weighted by molar-refractivity contribution is 6.30. The molecular formula is C17H20ClNO. The number of hydrogen-bond donors (Lipinski definition) is 1. The van der Waals surface area contributed by atoms with E-state index in [4.69, 9.17) is 16.3 Å². The molecule has 4 unspecified atom stereocenters. The zero-order chi connectivity index (χ0) is 13.3. The molecule has 2 bridgehead atoms. The quantitative estimate of drug-likeness (QED) is 0.921. The van der Waals surface area contributed by atoms with Crippen LogP contribution in [0.4, 0.5) is 0 Å². The molecule has 3 fully saturated rings. The van der Waals surface area contributed by atoms with Gasteiger partial charge in [0.1, 0.15) is 5.75 Å². The number of hydrogen-bond acceptors (Lipinski definition) is 2. The van der Waals surface area contributed by atoms with Gasteiger partial charge >= 0.3 is 0 Å². The van der Waals surface area contributed by atoms with E-state index in [1.165, 1.54) is 30.4 Å². The molecular weight excluding hydrogens is 270 g/mol. The number of ether oxygens (including phenoxy) is 1. The van der Waals surface area contributed by atoms with Crippen molar-refractivity contribution in [2.45, 2.75) is 38.3 Å². The van der Waals surface area contributed by atoms with Crippen molar-refractivity contribution in [1.82, 2.24) is 5.32 Å². The van der Waals surface area contributed by atoms with Crippen LogP contribution >= 0.6 is 11.6 Å². The van der Waals surface area contributed by atoms with Gasteiger partial charge in [-0.3, -0.25) is 0 Å². The van der Waals surface area contributed by atoms with Crippen molar-refractivity contribution >= 4 is 11.6 Å². The van der Waals surface area contributed by atoms with E-state index >= 15 is 0 Å². The summed E-state index contributed by atoms with van der Waals surface area (Å²) in [4.78, 5) is 0. The van der Waals surface area contributed by atoms with E-state index in [0.29, 0.717) is 0 Å². The van der Waals surface area contributed by atoms with Crippen molar-refractivity contribution < 1.29 is 4.74 Å². The Hall–Kier alpha value is -0.730. The first-order valence-corrected chi connectivity index (χ1v) is 8.36. The highest BCUT2D eigenvalue weighted by atomic mass is 35.5. The topological polar surface area (TPSA) is 21.3 Å². The van der Waals surface area contributed by atoms with Gasteiger partial charge < -0.3 is 10.1 Å². The Labute approximate surface area is 124 Å². The minimum Gasteiger partial charge on any atom is -0.493 e. The van der Waals surface area contributed by atoms with E-state index in [-0.39, 0.29) is 0 Å². The molecule has 1 aromatic rings. The maximum atomic E-state index is 6.23. The minimum absolute atomic E-state index is 0.775. The van der Waals surface area contributed by atoms with E-state index in [0.717, 1.165) is 60.1 Å². The van der Waals surface area contributed by atoms with Crippen molar-refractivity contribution in [3.05, 3.63) is 28.3 Å². The average molecular weight is 290 g/mol. The molecule has 0 amide bonds. The Morgan fingerprint density at radius 1 is 1.20 bits per heavy atom. The summed E-state index contributed by atoms with van der Waals surface area (Å²) in [5.74, 6) is 5.13. The van der Waals surface area contributed by atoms with Gasteiger partial charge in [-0.2, -0.15) is 0 Å². The molecule has 3 aliphatic carbocycles. The van der Waals surface area contributed by atoms with Crippen LogP contribution in [0, 0.1) is 23.7 Å². The summed E-state index contributed by atoms with van der Waals surface area (Å²) >= 11 is 6.23. The lowest BCUT2D eigenvalue weighted by Gasteiger charge is -2.13. The van der Waals surface area contributed by atoms with Gasteiger partial charge in [0.25, 0.3) is 0 Å². The van der Waals surface area contributed by atoms with E-state index in [2.05, 4.69) is 17.4 Å². The molecule has 1 heterocycles. The van der Waals surface area contributed by atoms with E-state index in [1.807, 2.05) is 0 Å². The van der Waals surface area contributed by atoms with Crippen LogP contribution in [0.5, 0.6) is 5.75 Å². The summed E-state index contributed by atoms with van der Waals surface area (Å²) in [7, 11) is 0. The van der Waals surface area contributed by atoms with E-state index in [1.54, 1.807) is 0 Å². The fraction of sp³-hybridized carbons (Fsp3) is 0.647. The first kappa shape index (κ1) is 11.9. The molecule has 106 valence electrons. The monoisotopic (exact) mass is 289 g/mol. The molecule has 0 radical (unpaired) electrons. The van der Waals surface area contributed by atoms with Crippen LogP contribution in [-0.4, -0.2) is 12.6 Å². The fourth-order valence-corrected chi connectivity index (χ4v) is 5.57. The smallest absolute Gasteiger partial charge is 0.127 e. The van der Waals surface area contributed by atoms with Crippen LogP contribution in [0.2, 0.25) is 5.02 Å². The molecule has 1 N–H and O–H groups in total. The predicted molar refractivity (Wildman–Crippen MR) is 79.1 cm³/mol. The van der Waals surface area contributed by atoms with Gasteiger partial charge in [0.2, 0.25) is 0 Å². The van der Waals surface area contributed by atoms with Gasteiger partial charge in [0.15, 0.2) is 0 Å². The molecule has 0 aromatic heterocycles. The summed E-state index contributed by atoms with van der Waals surface area (Å²) in [6.07, 6.45) is 5.49. The lowest BCUT2D eigenvalue weighted by Crippen LogP contribution is -2.22. The van der Waals surface area contributed by atoms with Gasteiger partial charge in [-0.05, 0) is 60.6 Å². The van der Waals surface area contributed by atoms with E-state index < -0.39 is 0 Å². The van der Waals surface area contributed by atoms with Crippen LogP contribution in [0.25, 0.3) is 0 Å². The van der Waals surface area contributed by atoms with Crippen LogP contribution < -0.4 is 10.1 Å². The maximum Gasteiger partial charge on any atom is 0.127 e. The molecule has 2 nitrogen and oxygen atoms in total. The normalized spacial score (nSPS) is 39.5. The second kappa shape index (κ2) is 4.14. The Kier molecular flexibility index (Phi) is 2.46. The van der Waals surface area contributed by atoms with Crippen LogP contribution in [0.1, 0.15) is 30.4 Å². The van der Waals surface area contributed by atoms with Crippen molar-refractivity contribution in [1.29, 1.82) is 0 Å². The van der Waals surface area contributed by atoms with Crippen molar-refractivity contribution in [2.24, 2.45) is 23.7 Å². The number of fused-ring (bicyclic) bond motifs is 6. The fourth-order valence-electron chi connectivity index (χ4n) is 5.30. The van der Waals surface area contributed by atoms with Crippen molar-refractivity contribution in [3.63, 3.8) is 0 Å². The molecule has 0 saturated heterocycles. The highest BCUT2D eigenvalue weighted by Crippen LogP contribution is 2.65. The summed E-state index contributed by atoms with van der Waals surface area (Å²) in [6.45, 7) is 1.72. The largest absolute Gasteiger partial charge is 0.493 e. The van der Waals surface area contributed by atoms with Gasteiger partial charge in [-0.25, -0.2) is 0 Å². The molecule has 3 heteroatoms. The van der Waals surface area contributed by atoms with Crippen LogP contribution in [0.15, 0.2) is 12.1 Å². The molecule has 4 atom stereocenters. The summed E-state index contributed by atoms with van der Waals surface area (Å²) in [5.41, 5.74) is 2.53. The molecule has 3 saturated carbocycles. The molecule has 4 aliphatic rings. The number of benzene rings is 1. The van der Waals surface area contributed by atoms with E-state index in [9.17, 15) is 0 Å². The van der Waals surface area contributed by atoms with Gasteiger partial charge in [0.05, 0.1) is 6.61 Å². The lowest BCUT2D eigenvalue weighted by molar-refractivity contribution is 0.351. The summed E-state index contributed by atoms with van der Waals surface area (Å²) in [6, 6.07) is 4.91. The number of nitrogens with one attached hydrogen (secondary N) is 1. The van der Waals surface area contributed by atoms with Crippen molar-refractivity contribution in [2.75, 3.05) is 6.61 Å². The van der Waals surface area contributed by atoms with Gasteiger partial charge in [0, 0.05) is 29.6 Å². The second-order valence-corrected chi connectivity index (χ2v) is 7.48. The first-order chi connectivity index (χ1) is 9.81. The average Bonchev–Trinajstić information content (AvgIpc) is 2.86. The molecule has 5 rings (SSSR count).